The first-order valence-electron chi connectivity index (χ1n) is 15.2. The summed E-state index contributed by atoms with van der Waals surface area (Å²) in [5, 5.41) is 0.489. The molecule has 0 spiro atoms. The molecule has 0 bridgehead atoms. The van der Waals surface area contributed by atoms with Crippen molar-refractivity contribution in [3.63, 3.8) is 0 Å². The molecule has 0 radical (unpaired) electrons. The van der Waals surface area contributed by atoms with E-state index in [4.69, 9.17) is 11.6 Å². The second kappa shape index (κ2) is 15.1. The van der Waals surface area contributed by atoms with Crippen LogP contribution in [0.4, 0.5) is 32.0 Å². The van der Waals surface area contributed by atoms with E-state index in [2.05, 4.69) is 14.5 Å². The quantitative estimate of drug-likeness (QED) is 0.215. The van der Waals surface area contributed by atoms with Crippen molar-refractivity contribution in [2.24, 2.45) is 0 Å². The summed E-state index contributed by atoms with van der Waals surface area (Å²) in [6, 6.07) is 15.0. The van der Waals surface area contributed by atoms with Gasteiger partial charge in [0, 0.05) is 68.0 Å². The Morgan fingerprint density at radius 3 is 2.02 bits per heavy atom. The van der Waals surface area contributed by atoms with Crippen LogP contribution in [0.15, 0.2) is 66.7 Å². The Morgan fingerprint density at radius 1 is 0.917 bits per heavy atom. The van der Waals surface area contributed by atoms with Crippen molar-refractivity contribution >= 4 is 33.2 Å². The van der Waals surface area contributed by atoms with Crippen molar-refractivity contribution in [1.82, 2.24) is 14.5 Å². The summed E-state index contributed by atoms with van der Waals surface area (Å²) in [6.45, 7) is 5.16. The lowest BCUT2D eigenvalue weighted by atomic mass is 9.94. The Balaban J connectivity index is 1.46. The second-order valence-electron chi connectivity index (χ2n) is 12.0. The lowest BCUT2D eigenvalue weighted by molar-refractivity contribution is -0.143. The lowest BCUT2D eigenvalue weighted by Gasteiger charge is -2.38. The molecule has 1 aliphatic rings. The Kier molecular flexibility index (Phi) is 11.8. The maximum atomic E-state index is 13.4. The highest BCUT2D eigenvalue weighted by atomic mass is 35.5. The summed E-state index contributed by atoms with van der Waals surface area (Å²) in [5.41, 5.74) is -1.19. The molecule has 0 saturated carbocycles. The number of amides is 1. The highest BCUT2D eigenvalue weighted by Gasteiger charge is 2.38. The number of carbonyl (C=O) groups excluding carboxylic acids is 1. The van der Waals surface area contributed by atoms with Gasteiger partial charge in [-0.15, -0.1) is 0 Å². The summed E-state index contributed by atoms with van der Waals surface area (Å²) in [5.74, 6) is -1.26. The molecule has 3 aromatic carbocycles. The molecular weight excluding hydrogens is 682 g/mol. The van der Waals surface area contributed by atoms with Crippen LogP contribution in [-0.2, 0) is 22.4 Å². The van der Waals surface area contributed by atoms with Gasteiger partial charge in [-0.3, -0.25) is 9.69 Å². The molecule has 4 rings (SSSR count). The minimum absolute atomic E-state index is 0.00125. The van der Waals surface area contributed by atoms with E-state index < -0.39 is 51.0 Å². The first kappa shape index (κ1) is 37.5. The number of likely N-dealkylation sites (N-methyl/N-ethyl adjacent to an activating group) is 1. The SMILES string of the molecule is CC(NS(C)(=O)=O)c1ccccc1N1CCN(CCC(CN(C)C(=O)c2cc(C(F)(F)F)cc(C(F)(F)F)c2)c2ccc(Cl)cc2)CC1. The van der Waals surface area contributed by atoms with Crippen LogP contribution in [-0.4, -0.2) is 76.7 Å². The molecule has 48 heavy (non-hydrogen) atoms. The number of para-hydroxylation sites is 1. The molecular formula is C33H37ClF6N4O3S. The summed E-state index contributed by atoms with van der Waals surface area (Å²) in [7, 11) is -2.06. The van der Waals surface area contributed by atoms with Gasteiger partial charge in [-0.05, 0) is 67.4 Å². The minimum atomic E-state index is -5.07. The van der Waals surface area contributed by atoms with E-state index >= 15 is 0 Å². The number of benzene rings is 3. The Labute approximate surface area is 281 Å². The van der Waals surface area contributed by atoms with Crippen LogP contribution in [0, 0.1) is 0 Å². The summed E-state index contributed by atoms with van der Waals surface area (Å²) < 4.78 is 107. The fraction of sp³-hybridized carbons (Fsp3) is 0.424. The van der Waals surface area contributed by atoms with E-state index in [0.29, 0.717) is 56.3 Å². The van der Waals surface area contributed by atoms with Crippen LogP contribution < -0.4 is 9.62 Å². The van der Waals surface area contributed by atoms with Crippen LogP contribution in [0.3, 0.4) is 0 Å². The van der Waals surface area contributed by atoms with E-state index in [1.165, 1.54) is 7.05 Å². The molecule has 262 valence electrons. The number of carbonyl (C=O) groups is 1. The number of anilines is 1. The largest absolute Gasteiger partial charge is 0.416 e. The number of alkyl halides is 6. The van der Waals surface area contributed by atoms with Gasteiger partial charge in [0.05, 0.1) is 17.4 Å². The normalized spacial score (nSPS) is 16.1. The van der Waals surface area contributed by atoms with E-state index in [1.54, 1.807) is 31.2 Å². The molecule has 0 aliphatic carbocycles. The van der Waals surface area contributed by atoms with Gasteiger partial charge in [0.2, 0.25) is 10.0 Å². The average Bonchev–Trinajstić information content (AvgIpc) is 3.01. The maximum absolute atomic E-state index is 13.4. The van der Waals surface area contributed by atoms with Crippen molar-refractivity contribution in [3.8, 4) is 0 Å². The smallest absolute Gasteiger partial charge is 0.369 e. The zero-order chi connectivity index (χ0) is 35.4. The summed E-state index contributed by atoms with van der Waals surface area (Å²) in [4.78, 5) is 18.9. The number of nitrogens with zero attached hydrogens (tertiary/aromatic N) is 3. The highest BCUT2D eigenvalue weighted by Crippen LogP contribution is 2.37. The van der Waals surface area contributed by atoms with Gasteiger partial charge in [-0.1, -0.05) is 41.9 Å². The summed E-state index contributed by atoms with van der Waals surface area (Å²) in [6.07, 6.45) is -8.48. The average molecular weight is 719 g/mol. The monoisotopic (exact) mass is 718 g/mol. The molecule has 1 saturated heterocycles. The van der Waals surface area contributed by atoms with Crippen molar-refractivity contribution < 1.29 is 39.6 Å². The predicted octanol–water partition coefficient (Wildman–Crippen LogP) is 7.06. The molecule has 1 N–H and O–H groups in total. The minimum Gasteiger partial charge on any atom is -0.369 e. The van der Waals surface area contributed by atoms with E-state index in [9.17, 15) is 39.6 Å². The van der Waals surface area contributed by atoms with E-state index in [1.807, 2.05) is 24.3 Å². The molecule has 2 unspecified atom stereocenters. The molecule has 3 aromatic rings. The van der Waals surface area contributed by atoms with Gasteiger partial charge in [0.15, 0.2) is 0 Å². The van der Waals surface area contributed by atoms with Crippen LogP contribution in [0.5, 0.6) is 0 Å². The summed E-state index contributed by atoms with van der Waals surface area (Å²) >= 11 is 6.09. The zero-order valence-electron chi connectivity index (χ0n) is 26.6. The van der Waals surface area contributed by atoms with Gasteiger partial charge < -0.3 is 9.80 Å². The highest BCUT2D eigenvalue weighted by molar-refractivity contribution is 7.88. The number of hydrogen-bond acceptors (Lipinski definition) is 5. The van der Waals surface area contributed by atoms with Crippen LogP contribution in [0.1, 0.15) is 57.9 Å². The third-order valence-corrected chi connectivity index (χ3v) is 9.35. The van der Waals surface area contributed by atoms with Crippen molar-refractivity contribution in [2.75, 3.05) is 57.5 Å². The number of sulfonamides is 1. The third-order valence-electron chi connectivity index (χ3n) is 8.32. The van der Waals surface area contributed by atoms with Crippen molar-refractivity contribution in [2.45, 2.75) is 37.7 Å². The predicted molar refractivity (Wildman–Crippen MR) is 174 cm³/mol. The number of piperazine rings is 1. The second-order valence-corrected chi connectivity index (χ2v) is 14.2. The van der Waals surface area contributed by atoms with E-state index in [-0.39, 0.29) is 18.5 Å². The topological polar surface area (TPSA) is 73.0 Å². The first-order valence-corrected chi connectivity index (χ1v) is 17.4. The molecule has 1 amide bonds. The number of nitrogens with one attached hydrogen (secondary N) is 1. The van der Waals surface area contributed by atoms with Crippen LogP contribution >= 0.6 is 11.6 Å². The fourth-order valence-electron chi connectivity index (χ4n) is 5.89. The number of halogens is 7. The fourth-order valence-corrected chi connectivity index (χ4v) is 6.78. The van der Waals surface area contributed by atoms with Gasteiger partial charge in [-0.25, -0.2) is 13.1 Å². The molecule has 1 heterocycles. The van der Waals surface area contributed by atoms with Gasteiger partial charge in [-0.2, -0.15) is 26.3 Å². The number of rotatable bonds is 11. The molecule has 2 atom stereocenters. The van der Waals surface area contributed by atoms with E-state index in [0.717, 1.165) is 28.0 Å². The molecule has 1 aliphatic heterocycles. The Bertz CT molecular complexity index is 1650. The zero-order valence-corrected chi connectivity index (χ0v) is 28.1. The Morgan fingerprint density at radius 2 is 1.48 bits per heavy atom. The van der Waals surface area contributed by atoms with Crippen LogP contribution in [0.2, 0.25) is 5.02 Å². The maximum Gasteiger partial charge on any atom is 0.416 e. The molecule has 1 fully saturated rings. The first-order chi connectivity index (χ1) is 22.3. The van der Waals surface area contributed by atoms with Gasteiger partial charge in [0.25, 0.3) is 5.91 Å². The molecule has 15 heteroatoms. The van der Waals surface area contributed by atoms with Crippen molar-refractivity contribution in [1.29, 1.82) is 0 Å². The third kappa shape index (κ3) is 10.1. The molecule has 0 aromatic heterocycles. The van der Waals surface area contributed by atoms with Crippen LogP contribution in [0.25, 0.3) is 0 Å². The number of hydrogen-bond donors (Lipinski definition) is 1. The van der Waals surface area contributed by atoms with Crippen molar-refractivity contribution in [3.05, 3.63) is 99.6 Å². The Hall–Kier alpha value is -3.33. The lowest BCUT2D eigenvalue weighted by Crippen LogP contribution is -2.47. The van der Waals surface area contributed by atoms with Gasteiger partial charge >= 0.3 is 12.4 Å². The van der Waals surface area contributed by atoms with Gasteiger partial charge in [0.1, 0.15) is 0 Å². The molecule has 7 nitrogen and oxygen atoms in total. The standard InChI is InChI=1S/C33H37ClF6N4O3S/c1-22(41-48(3,46)47)29-6-4-5-7-30(29)44-16-14-43(15-17-44)13-12-24(23-8-10-28(34)11-9-23)21-42(2)31(45)25-18-26(32(35,36)37)20-27(19-25)33(38,39)40/h4-11,18-20,22,24,41H,12-17,21H2,1-3H3.